The lowest BCUT2D eigenvalue weighted by Gasteiger charge is -2.23. The van der Waals surface area contributed by atoms with Crippen molar-refractivity contribution >= 4 is 22.9 Å². The van der Waals surface area contributed by atoms with Crippen LogP contribution in [0.4, 0.5) is 11.6 Å². The topological polar surface area (TPSA) is 36.7 Å². The second-order valence-electron chi connectivity index (χ2n) is 9.60. The smallest absolute Gasteiger partial charge is 0.160 e. The van der Waals surface area contributed by atoms with Crippen LogP contribution < -0.4 is 9.80 Å². The Labute approximate surface area is 199 Å². The van der Waals surface area contributed by atoms with Crippen LogP contribution >= 0.6 is 0 Å². The van der Waals surface area contributed by atoms with E-state index in [1.165, 1.54) is 42.4 Å². The molecule has 4 rings (SSSR count). The quantitative estimate of drug-likeness (QED) is 0.354. The molecule has 0 amide bonds. The van der Waals surface area contributed by atoms with Crippen LogP contribution in [-0.4, -0.2) is 41.3 Å². The number of fused-ring (bicyclic) bond motifs is 1. The molecule has 0 aliphatic carbocycles. The molecule has 3 heterocycles. The molecular weight excluding hydrogens is 406 g/mol. The molecule has 1 aromatic carbocycles. The van der Waals surface area contributed by atoms with E-state index in [-0.39, 0.29) is 0 Å². The Balaban J connectivity index is 1.40. The van der Waals surface area contributed by atoms with Gasteiger partial charge in [0.25, 0.3) is 0 Å². The van der Waals surface area contributed by atoms with Gasteiger partial charge in [-0.2, -0.15) is 9.61 Å². The summed E-state index contributed by atoms with van der Waals surface area (Å²) in [5.41, 5.74) is 7.28. The highest BCUT2D eigenvalue weighted by atomic mass is 15.4. The van der Waals surface area contributed by atoms with Crippen LogP contribution in [0, 0.1) is 6.92 Å². The zero-order valence-corrected chi connectivity index (χ0v) is 20.9. The van der Waals surface area contributed by atoms with Crippen molar-refractivity contribution in [2.45, 2.75) is 65.7 Å². The van der Waals surface area contributed by atoms with Crippen LogP contribution in [0.15, 0.2) is 36.9 Å². The molecule has 2 aromatic heterocycles. The van der Waals surface area contributed by atoms with Crippen LogP contribution in [0.25, 0.3) is 11.2 Å². The fraction of sp³-hybridized carbons (Fsp3) is 0.500. The van der Waals surface area contributed by atoms with Gasteiger partial charge in [0.1, 0.15) is 11.6 Å². The average Bonchev–Trinajstić information content (AvgIpc) is 3.48. The van der Waals surface area contributed by atoms with E-state index < -0.39 is 0 Å². The van der Waals surface area contributed by atoms with Crippen LogP contribution in [0.2, 0.25) is 0 Å². The maximum Gasteiger partial charge on any atom is 0.160 e. The van der Waals surface area contributed by atoms with E-state index >= 15 is 0 Å². The number of nitrogens with zero attached hydrogens (tertiary/aromatic N) is 5. The highest BCUT2D eigenvalue weighted by molar-refractivity contribution is 5.65. The summed E-state index contributed by atoms with van der Waals surface area (Å²) in [5.74, 6) is 2.24. The second-order valence-corrected chi connectivity index (χ2v) is 9.60. The van der Waals surface area contributed by atoms with Crippen molar-refractivity contribution in [3.63, 3.8) is 0 Å². The summed E-state index contributed by atoms with van der Waals surface area (Å²) in [4.78, 5) is 9.70. The maximum absolute atomic E-state index is 4.93. The Morgan fingerprint density at radius 2 is 1.88 bits per heavy atom. The van der Waals surface area contributed by atoms with Crippen molar-refractivity contribution in [1.82, 2.24) is 14.6 Å². The second kappa shape index (κ2) is 10.4. The molecule has 33 heavy (non-hydrogen) atoms. The molecular formula is C28H39N5. The molecule has 5 heteroatoms. The Hall–Kier alpha value is -2.82. The van der Waals surface area contributed by atoms with E-state index in [2.05, 4.69) is 74.5 Å². The van der Waals surface area contributed by atoms with Crippen molar-refractivity contribution in [1.29, 1.82) is 0 Å². The summed E-state index contributed by atoms with van der Waals surface area (Å²) >= 11 is 0. The molecule has 5 nitrogen and oxygen atoms in total. The molecule has 0 saturated carbocycles. The van der Waals surface area contributed by atoms with Gasteiger partial charge >= 0.3 is 0 Å². The lowest BCUT2D eigenvalue weighted by Crippen LogP contribution is -2.24. The Morgan fingerprint density at radius 3 is 2.61 bits per heavy atom. The van der Waals surface area contributed by atoms with Crippen LogP contribution in [0.5, 0.6) is 0 Å². The SMILES string of the molecule is C=C(C)c1cc(C)ccc1CCCCCN(C)c1cc(N2CCCC2)nc2cc(CC)nn12. The molecule has 0 atom stereocenters. The van der Waals surface area contributed by atoms with E-state index in [9.17, 15) is 0 Å². The maximum atomic E-state index is 4.93. The largest absolute Gasteiger partial charge is 0.359 e. The predicted octanol–water partition coefficient (Wildman–Crippen LogP) is 6.08. The zero-order valence-electron chi connectivity index (χ0n) is 20.9. The Kier molecular flexibility index (Phi) is 7.36. The van der Waals surface area contributed by atoms with Gasteiger partial charge in [-0.25, -0.2) is 4.98 Å². The number of hydrogen-bond acceptors (Lipinski definition) is 4. The lowest BCUT2D eigenvalue weighted by molar-refractivity contribution is 0.664. The van der Waals surface area contributed by atoms with Crippen molar-refractivity contribution in [3.05, 3.63) is 59.3 Å². The minimum Gasteiger partial charge on any atom is -0.359 e. The highest BCUT2D eigenvalue weighted by Crippen LogP contribution is 2.26. The number of allylic oxidation sites excluding steroid dienone is 1. The van der Waals surface area contributed by atoms with Crippen molar-refractivity contribution in [2.75, 3.05) is 36.5 Å². The first-order chi connectivity index (χ1) is 16.0. The zero-order chi connectivity index (χ0) is 23.4. The van der Waals surface area contributed by atoms with E-state index in [0.29, 0.717) is 0 Å². The minimum atomic E-state index is 0.927. The number of aryl methyl sites for hydroxylation is 3. The van der Waals surface area contributed by atoms with Gasteiger partial charge in [0, 0.05) is 38.8 Å². The highest BCUT2D eigenvalue weighted by Gasteiger charge is 2.18. The number of aromatic nitrogens is 3. The summed E-state index contributed by atoms with van der Waals surface area (Å²) in [6.07, 6.45) is 8.12. The normalized spacial score (nSPS) is 13.8. The summed E-state index contributed by atoms with van der Waals surface area (Å²) in [5, 5.41) is 4.82. The molecule has 176 valence electrons. The first-order valence-corrected chi connectivity index (χ1v) is 12.6. The summed E-state index contributed by atoms with van der Waals surface area (Å²) < 4.78 is 2.03. The van der Waals surface area contributed by atoms with E-state index in [1.807, 2.05) is 4.52 Å². The van der Waals surface area contributed by atoms with E-state index in [0.717, 1.165) is 67.4 Å². The average molecular weight is 446 g/mol. The standard InChI is InChI=1S/C28H39N5/c1-6-24-19-27-29-26(32-16-10-11-17-32)20-28(33(27)30-24)31(5)15-9-7-8-12-23-14-13-22(4)18-25(23)21(2)3/h13-14,18-20H,2,6-12,15-17H2,1,3-5H3. The van der Waals surface area contributed by atoms with Gasteiger partial charge < -0.3 is 9.80 Å². The number of hydrogen-bond donors (Lipinski definition) is 0. The van der Waals surface area contributed by atoms with E-state index in [1.54, 1.807) is 0 Å². The first-order valence-electron chi connectivity index (χ1n) is 12.6. The Morgan fingerprint density at radius 1 is 1.09 bits per heavy atom. The van der Waals surface area contributed by atoms with Gasteiger partial charge in [-0.3, -0.25) is 0 Å². The third-order valence-electron chi connectivity index (χ3n) is 6.79. The lowest BCUT2D eigenvalue weighted by atomic mass is 9.95. The van der Waals surface area contributed by atoms with Gasteiger partial charge in [0.05, 0.1) is 5.69 Å². The molecule has 0 bridgehead atoms. The molecule has 1 aliphatic heterocycles. The fourth-order valence-electron chi connectivity index (χ4n) is 4.81. The number of unbranched alkanes of at least 4 members (excludes halogenated alkanes) is 2. The summed E-state index contributed by atoms with van der Waals surface area (Å²) in [6.45, 7) is 13.8. The third kappa shape index (κ3) is 5.40. The molecule has 0 radical (unpaired) electrons. The van der Waals surface area contributed by atoms with E-state index in [4.69, 9.17) is 10.1 Å². The summed E-state index contributed by atoms with van der Waals surface area (Å²) in [7, 11) is 2.19. The number of anilines is 2. The van der Waals surface area contributed by atoms with Crippen LogP contribution in [0.1, 0.15) is 68.3 Å². The van der Waals surface area contributed by atoms with Crippen molar-refractivity contribution in [3.8, 4) is 0 Å². The monoisotopic (exact) mass is 445 g/mol. The third-order valence-corrected chi connectivity index (χ3v) is 6.79. The van der Waals surface area contributed by atoms with Gasteiger partial charge in [0.2, 0.25) is 0 Å². The minimum absolute atomic E-state index is 0.927. The first kappa shape index (κ1) is 23.3. The van der Waals surface area contributed by atoms with Crippen LogP contribution in [0.3, 0.4) is 0 Å². The molecule has 3 aromatic rings. The van der Waals surface area contributed by atoms with Crippen molar-refractivity contribution in [2.24, 2.45) is 0 Å². The van der Waals surface area contributed by atoms with Crippen molar-refractivity contribution < 1.29 is 0 Å². The van der Waals surface area contributed by atoms with Gasteiger partial charge in [-0.1, -0.05) is 49.3 Å². The number of benzene rings is 1. The van der Waals surface area contributed by atoms with Crippen LogP contribution in [-0.2, 0) is 12.8 Å². The molecule has 0 spiro atoms. The predicted molar refractivity (Wildman–Crippen MR) is 141 cm³/mol. The fourth-order valence-corrected chi connectivity index (χ4v) is 4.81. The molecule has 1 fully saturated rings. The number of rotatable bonds is 10. The van der Waals surface area contributed by atoms with Gasteiger partial charge in [0.15, 0.2) is 5.65 Å². The molecule has 1 aliphatic rings. The van der Waals surface area contributed by atoms with Gasteiger partial charge in [-0.15, -0.1) is 0 Å². The molecule has 0 N–H and O–H groups in total. The molecule has 0 unspecified atom stereocenters. The van der Waals surface area contributed by atoms with Gasteiger partial charge in [-0.05, 0) is 63.5 Å². The summed E-state index contributed by atoms with van der Waals surface area (Å²) in [6, 6.07) is 11.1. The Bertz CT molecular complexity index is 1110. The molecule has 1 saturated heterocycles.